The molecule has 0 aliphatic heterocycles. The Labute approximate surface area is 125 Å². The fraction of sp³-hybridized carbons (Fsp3) is 0.143. The molecule has 1 aromatic carbocycles. The molecule has 0 aliphatic carbocycles. The lowest BCUT2D eigenvalue weighted by Gasteiger charge is -2.11. The van der Waals surface area contributed by atoms with E-state index in [2.05, 4.69) is 4.98 Å². The number of carboxylic acid groups (broad SMARTS) is 1. The van der Waals surface area contributed by atoms with Gasteiger partial charge in [-0.1, -0.05) is 29.3 Å². The van der Waals surface area contributed by atoms with Crippen LogP contribution in [0, 0.1) is 6.92 Å². The van der Waals surface area contributed by atoms with E-state index in [1.165, 1.54) is 0 Å². The number of aryl methyl sites for hydroxylation is 1. The average molecular weight is 312 g/mol. The molecule has 0 spiro atoms. The summed E-state index contributed by atoms with van der Waals surface area (Å²) in [4.78, 5) is 15.1. The second-order valence-electron chi connectivity index (χ2n) is 4.09. The van der Waals surface area contributed by atoms with E-state index in [-0.39, 0.29) is 18.1 Å². The molecule has 0 unspecified atom stereocenters. The van der Waals surface area contributed by atoms with Gasteiger partial charge >= 0.3 is 5.97 Å². The summed E-state index contributed by atoms with van der Waals surface area (Å²) >= 11 is 12.1. The van der Waals surface area contributed by atoms with Crippen molar-refractivity contribution >= 4 is 29.2 Å². The zero-order valence-electron chi connectivity index (χ0n) is 10.6. The van der Waals surface area contributed by atoms with Crippen LogP contribution in [-0.2, 0) is 6.61 Å². The number of nitrogens with zero attached hydrogens (tertiary/aromatic N) is 1. The van der Waals surface area contributed by atoms with Crippen LogP contribution in [0.15, 0.2) is 30.3 Å². The molecule has 20 heavy (non-hydrogen) atoms. The van der Waals surface area contributed by atoms with Gasteiger partial charge in [0.15, 0.2) is 11.4 Å². The molecule has 0 fully saturated rings. The number of rotatable bonds is 4. The van der Waals surface area contributed by atoms with Crippen molar-refractivity contribution in [3.8, 4) is 5.75 Å². The lowest BCUT2D eigenvalue weighted by molar-refractivity contribution is 0.0684. The quantitative estimate of drug-likeness (QED) is 0.928. The van der Waals surface area contributed by atoms with Crippen LogP contribution < -0.4 is 4.74 Å². The molecule has 104 valence electrons. The Hall–Kier alpha value is -1.78. The van der Waals surface area contributed by atoms with E-state index in [4.69, 9.17) is 33.0 Å². The van der Waals surface area contributed by atoms with Crippen molar-refractivity contribution in [1.82, 2.24) is 4.98 Å². The van der Waals surface area contributed by atoms with E-state index in [9.17, 15) is 4.79 Å². The normalized spacial score (nSPS) is 10.3. The van der Waals surface area contributed by atoms with Gasteiger partial charge in [-0.2, -0.15) is 0 Å². The monoisotopic (exact) mass is 311 g/mol. The van der Waals surface area contributed by atoms with Crippen LogP contribution in [-0.4, -0.2) is 16.1 Å². The minimum Gasteiger partial charge on any atom is -0.486 e. The first-order chi connectivity index (χ1) is 9.49. The molecule has 4 nitrogen and oxygen atoms in total. The van der Waals surface area contributed by atoms with Crippen LogP contribution in [0.25, 0.3) is 0 Å². The van der Waals surface area contributed by atoms with E-state index >= 15 is 0 Å². The van der Waals surface area contributed by atoms with Crippen molar-refractivity contribution in [2.24, 2.45) is 0 Å². The van der Waals surface area contributed by atoms with E-state index in [0.29, 0.717) is 21.3 Å². The minimum absolute atomic E-state index is 0.0729. The summed E-state index contributed by atoms with van der Waals surface area (Å²) in [6, 6.07) is 8.35. The fourth-order valence-electron chi connectivity index (χ4n) is 1.63. The number of hydrogen-bond acceptors (Lipinski definition) is 3. The SMILES string of the molecule is Cc1ccc(OCc2c(Cl)cccc2Cl)c(C(=O)O)n1. The zero-order chi connectivity index (χ0) is 14.7. The number of carbonyl (C=O) groups is 1. The van der Waals surface area contributed by atoms with Crippen molar-refractivity contribution in [2.45, 2.75) is 13.5 Å². The number of pyridine rings is 1. The van der Waals surface area contributed by atoms with Gasteiger partial charge in [0.05, 0.1) is 0 Å². The van der Waals surface area contributed by atoms with E-state index in [1.807, 2.05) is 0 Å². The smallest absolute Gasteiger partial charge is 0.358 e. The van der Waals surface area contributed by atoms with Gasteiger partial charge in [0.1, 0.15) is 6.61 Å². The van der Waals surface area contributed by atoms with Crippen LogP contribution >= 0.6 is 23.2 Å². The Morgan fingerprint density at radius 2 is 1.90 bits per heavy atom. The second kappa shape index (κ2) is 6.11. The molecule has 0 radical (unpaired) electrons. The van der Waals surface area contributed by atoms with Crippen LogP contribution in [0.1, 0.15) is 21.7 Å². The lowest BCUT2D eigenvalue weighted by atomic mass is 10.2. The highest BCUT2D eigenvalue weighted by molar-refractivity contribution is 6.35. The number of hydrogen-bond donors (Lipinski definition) is 1. The molecule has 2 aromatic rings. The summed E-state index contributed by atoms with van der Waals surface area (Å²) in [5.41, 5.74) is 1.08. The first-order valence-corrected chi connectivity index (χ1v) is 6.51. The molecule has 6 heteroatoms. The molecule has 1 N–H and O–H groups in total. The number of carboxylic acids is 1. The van der Waals surface area contributed by atoms with Crippen LogP contribution in [0.5, 0.6) is 5.75 Å². The van der Waals surface area contributed by atoms with Gasteiger partial charge in [-0.15, -0.1) is 0 Å². The second-order valence-corrected chi connectivity index (χ2v) is 4.91. The molecule has 0 saturated carbocycles. The third kappa shape index (κ3) is 3.21. The number of halogens is 2. The number of ether oxygens (including phenoxy) is 1. The Morgan fingerprint density at radius 1 is 1.25 bits per heavy atom. The van der Waals surface area contributed by atoms with Gasteiger partial charge in [-0.25, -0.2) is 9.78 Å². The summed E-state index contributed by atoms with van der Waals surface area (Å²) in [6.45, 7) is 1.78. The van der Waals surface area contributed by atoms with Gasteiger partial charge in [0.25, 0.3) is 0 Å². The highest BCUT2D eigenvalue weighted by Crippen LogP contribution is 2.26. The first kappa shape index (κ1) is 14.6. The minimum atomic E-state index is -1.14. The van der Waals surface area contributed by atoms with Crippen molar-refractivity contribution < 1.29 is 14.6 Å². The van der Waals surface area contributed by atoms with Crippen molar-refractivity contribution in [3.63, 3.8) is 0 Å². The molecule has 0 saturated heterocycles. The third-order valence-corrected chi connectivity index (χ3v) is 3.34. The Bertz CT molecular complexity index is 639. The van der Waals surface area contributed by atoms with Gasteiger partial charge in [-0.05, 0) is 31.2 Å². The standard InChI is InChI=1S/C14H11Cl2NO3/c1-8-5-6-12(13(17-8)14(18)19)20-7-9-10(15)3-2-4-11(9)16/h2-6H,7H2,1H3,(H,18,19). The third-order valence-electron chi connectivity index (χ3n) is 2.63. The highest BCUT2D eigenvalue weighted by atomic mass is 35.5. The van der Waals surface area contributed by atoms with Gasteiger partial charge in [0.2, 0.25) is 0 Å². The fourth-order valence-corrected chi connectivity index (χ4v) is 2.14. The van der Waals surface area contributed by atoms with Gasteiger partial charge < -0.3 is 9.84 Å². The highest BCUT2D eigenvalue weighted by Gasteiger charge is 2.15. The number of aromatic nitrogens is 1. The molecular formula is C14H11Cl2NO3. The number of aromatic carboxylic acids is 1. The van der Waals surface area contributed by atoms with Crippen molar-refractivity contribution in [2.75, 3.05) is 0 Å². The number of benzene rings is 1. The molecule has 2 rings (SSSR count). The first-order valence-electron chi connectivity index (χ1n) is 5.75. The molecule has 1 heterocycles. The summed E-state index contributed by atoms with van der Waals surface area (Å²) < 4.78 is 5.49. The molecule has 1 aromatic heterocycles. The van der Waals surface area contributed by atoms with E-state index in [0.717, 1.165) is 0 Å². The molecule has 0 bridgehead atoms. The van der Waals surface area contributed by atoms with Crippen LogP contribution in [0.4, 0.5) is 0 Å². The van der Waals surface area contributed by atoms with Crippen LogP contribution in [0.3, 0.4) is 0 Å². The van der Waals surface area contributed by atoms with E-state index < -0.39 is 5.97 Å². The summed E-state index contributed by atoms with van der Waals surface area (Å²) in [6.07, 6.45) is 0. The Morgan fingerprint density at radius 3 is 2.50 bits per heavy atom. The van der Waals surface area contributed by atoms with E-state index in [1.54, 1.807) is 37.3 Å². The summed E-state index contributed by atoms with van der Waals surface area (Å²) in [5, 5.41) is 10.0. The largest absolute Gasteiger partial charge is 0.486 e. The molecule has 0 amide bonds. The maximum absolute atomic E-state index is 11.1. The Kier molecular flexibility index (Phi) is 4.47. The summed E-state index contributed by atoms with van der Waals surface area (Å²) in [5.74, 6) is -0.965. The van der Waals surface area contributed by atoms with Crippen LogP contribution in [0.2, 0.25) is 10.0 Å². The van der Waals surface area contributed by atoms with Crippen molar-refractivity contribution in [3.05, 3.63) is 57.3 Å². The predicted octanol–water partition coefficient (Wildman–Crippen LogP) is 3.97. The topological polar surface area (TPSA) is 59.4 Å². The van der Waals surface area contributed by atoms with Crippen molar-refractivity contribution in [1.29, 1.82) is 0 Å². The zero-order valence-corrected chi connectivity index (χ0v) is 12.1. The predicted molar refractivity (Wildman–Crippen MR) is 76.7 cm³/mol. The molecular weight excluding hydrogens is 301 g/mol. The summed E-state index contributed by atoms with van der Waals surface area (Å²) in [7, 11) is 0. The maximum atomic E-state index is 11.1. The molecule has 0 atom stereocenters. The lowest BCUT2D eigenvalue weighted by Crippen LogP contribution is -2.07. The average Bonchev–Trinajstić information content (AvgIpc) is 2.39. The molecule has 0 aliphatic rings. The Balaban J connectivity index is 2.25. The van der Waals surface area contributed by atoms with Gasteiger partial charge in [-0.3, -0.25) is 0 Å². The maximum Gasteiger partial charge on any atom is 0.358 e. The van der Waals surface area contributed by atoms with Gasteiger partial charge in [0, 0.05) is 21.3 Å².